The van der Waals surface area contributed by atoms with E-state index in [1.807, 2.05) is 18.2 Å². The highest BCUT2D eigenvalue weighted by molar-refractivity contribution is 6.06. The van der Waals surface area contributed by atoms with Crippen molar-refractivity contribution in [3.8, 4) is 11.5 Å². The van der Waals surface area contributed by atoms with E-state index < -0.39 is 0 Å². The first-order chi connectivity index (χ1) is 17.5. The number of carbonyl (C=O) groups is 2. The average molecular weight is 510 g/mol. The first kappa shape index (κ1) is 27.4. The van der Waals surface area contributed by atoms with Gasteiger partial charge in [-0.3, -0.25) is 9.59 Å². The van der Waals surface area contributed by atoms with Gasteiger partial charge in [-0.15, -0.1) is 0 Å². The van der Waals surface area contributed by atoms with Crippen LogP contribution in [0.5, 0.6) is 11.5 Å². The highest BCUT2D eigenvalue weighted by atomic mass is 16.5. The van der Waals surface area contributed by atoms with Crippen molar-refractivity contribution in [2.24, 2.45) is 10.8 Å². The Morgan fingerprint density at radius 1 is 0.865 bits per heavy atom. The highest BCUT2D eigenvalue weighted by Crippen LogP contribution is 2.54. The fourth-order valence-corrected chi connectivity index (χ4v) is 6.21. The largest absolute Gasteiger partial charge is 0.493 e. The van der Waals surface area contributed by atoms with Crippen molar-refractivity contribution in [1.29, 1.82) is 0 Å². The average Bonchev–Trinajstić information content (AvgIpc) is 2.81. The number of carbonyl (C=O) groups excluding carboxylic acids is 2. The Morgan fingerprint density at radius 2 is 1.46 bits per heavy atom. The van der Waals surface area contributed by atoms with Gasteiger partial charge >= 0.3 is 0 Å². The third-order valence-corrected chi connectivity index (χ3v) is 7.73. The molecule has 0 N–H and O–H groups in total. The number of hydrogen-bond donors (Lipinski definition) is 0. The molecule has 6 nitrogen and oxygen atoms in total. The molecule has 6 heteroatoms. The fourth-order valence-electron chi connectivity index (χ4n) is 6.21. The summed E-state index contributed by atoms with van der Waals surface area (Å²) in [6, 6.07) is 5.89. The van der Waals surface area contributed by atoms with E-state index in [1.165, 1.54) is 0 Å². The van der Waals surface area contributed by atoms with Gasteiger partial charge in [0.15, 0.2) is 23.1 Å². The maximum Gasteiger partial charge on any atom is 0.162 e. The van der Waals surface area contributed by atoms with Crippen molar-refractivity contribution < 1.29 is 23.8 Å². The highest BCUT2D eigenvalue weighted by Gasteiger charge is 2.48. The molecule has 0 spiro atoms. The number of ether oxygens (including phenoxy) is 3. The van der Waals surface area contributed by atoms with E-state index >= 15 is 0 Å². The summed E-state index contributed by atoms with van der Waals surface area (Å²) in [5.41, 5.74) is 4.37. The van der Waals surface area contributed by atoms with E-state index in [4.69, 9.17) is 14.2 Å². The van der Waals surface area contributed by atoms with E-state index in [1.54, 1.807) is 14.2 Å². The van der Waals surface area contributed by atoms with Gasteiger partial charge in [0.05, 0.1) is 13.7 Å². The molecule has 0 fully saturated rings. The van der Waals surface area contributed by atoms with E-state index in [0.29, 0.717) is 37.6 Å². The number of methoxy groups -OCH3 is 2. The number of rotatable bonds is 9. The second-order valence-corrected chi connectivity index (χ2v) is 12.3. The maximum atomic E-state index is 13.9. The van der Waals surface area contributed by atoms with Gasteiger partial charge in [-0.2, -0.15) is 0 Å². The van der Waals surface area contributed by atoms with Gasteiger partial charge in [0.2, 0.25) is 0 Å². The van der Waals surface area contributed by atoms with Crippen molar-refractivity contribution in [2.75, 3.05) is 34.0 Å². The second kappa shape index (κ2) is 10.6. The minimum Gasteiger partial charge on any atom is -0.493 e. The minimum atomic E-state index is -0.384. The van der Waals surface area contributed by atoms with Crippen molar-refractivity contribution in [3.05, 3.63) is 46.3 Å². The van der Waals surface area contributed by atoms with Crippen molar-refractivity contribution in [1.82, 2.24) is 4.90 Å². The summed E-state index contributed by atoms with van der Waals surface area (Å²) in [4.78, 5) is 30.1. The lowest BCUT2D eigenvalue weighted by Crippen LogP contribution is -2.44. The standard InChI is InChI=1S/C31H43NO5/c1-8-13-37-25-11-10-20(15-26(25)36-7)27-28-21(16-30(2,3)18-23(28)33)32(12-9-14-35-6)22-17-31(4,5)19-24(34)29(22)27/h10-11,15,27H,8-9,12-14,16-19H2,1-7H3. The van der Waals surface area contributed by atoms with Gasteiger partial charge in [-0.25, -0.2) is 0 Å². The smallest absolute Gasteiger partial charge is 0.162 e. The van der Waals surface area contributed by atoms with Crippen molar-refractivity contribution in [3.63, 3.8) is 0 Å². The van der Waals surface area contributed by atoms with Gasteiger partial charge in [-0.05, 0) is 54.2 Å². The predicted molar refractivity (Wildman–Crippen MR) is 145 cm³/mol. The van der Waals surface area contributed by atoms with Crippen LogP contribution in [-0.4, -0.2) is 50.4 Å². The van der Waals surface area contributed by atoms with Crippen LogP contribution in [0, 0.1) is 10.8 Å². The van der Waals surface area contributed by atoms with Gasteiger partial charge < -0.3 is 19.1 Å². The maximum absolute atomic E-state index is 13.9. The zero-order chi connectivity index (χ0) is 27.0. The van der Waals surface area contributed by atoms with Crippen molar-refractivity contribution in [2.45, 2.75) is 79.1 Å². The quantitative estimate of drug-likeness (QED) is 0.369. The predicted octanol–water partition coefficient (Wildman–Crippen LogP) is 6.21. The van der Waals surface area contributed by atoms with Crippen molar-refractivity contribution >= 4 is 11.6 Å². The summed E-state index contributed by atoms with van der Waals surface area (Å²) in [5, 5.41) is 0. The third-order valence-electron chi connectivity index (χ3n) is 7.73. The summed E-state index contributed by atoms with van der Waals surface area (Å²) in [6.07, 6.45) is 4.29. The van der Waals surface area contributed by atoms with E-state index in [2.05, 4.69) is 39.5 Å². The molecule has 0 saturated heterocycles. The monoisotopic (exact) mass is 509 g/mol. The molecule has 202 valence electrons. The lowest BCUT2D eigenvalue weighted by atomic mass is 9.63. The number of ketones is 2. The molecule has 0 amide bonds. The molecule has 0 aromatic heterocycles. The summed E-state index contributed by atoms with van der Waals surface area (Å²) in [5.74, 6) is 1.21. The minimum absolute atomic E-state index is 0.137. The molecule has 0 bridgehead atoms. The Balaban J connectivity index is 1.92. The second-order valence-electron chi connectivity index (χ2n) is 12.3. The Labute approximate surface area is 222 Å². The molecule has 37 heavy (non-hydrogen) atoms. The third kappa shape index (κ3) is 5.50. The number of benzene rings is 1. The molecular weight excluding hydrogens is 466 g/mol. The fraction of sp³-hybridized carbons (Fsp3) is 0.613. The molecule has 4 rings (SSSR count). The SMILES string of the molecule is CCCOc1ccc(C2C3=C(CC(C)(C)CC3=O)N(CCCOC)C3=C2C(=O)CC(C)(C)C3)cc1OC. The summed E-state index contributed by atoms with van der Waals surface area (Å²) in [6.45, 7) is 12.7. The van der Waals surface area contributed by atoms with Crippen LogP contribution in [0.4, 0.5) is 0 Å². The van der Waals surface area contributed by atoms with Crippen LogP contribution < -0.4 is 9.47 Å². The molecular formula is C31H43NO5. The van der Waals surface area contributed by atoms with Crippen LogP contribution in [0.3, 0.4) is 0 Å². The van der Waals surface area contributed by atoms with Gasteiger partial charge in [0.25, 0.3) is 0 Å². The van der Waals surface area contributed by atoms with Crippen LogP contribution in [0.1, 0.15) is 84.6 Å². The van der Waals surface area contributed by atoms with E-state index in [9.17, 15) is 9.59 Å². The molecule has 0 unspecified atom stereocenters. The summed E-state index contributed by atoms with van der Waals surface area (Å²) in [7, 11) is 3.34. The normalized spacial score (nSPS) is 21.2. The van der Waals surface area contributed by atoms with E-state index in [0.717, 1.165) is 60.3 Å². The number of nitrogens with zero attached hydrogens (tertiary/aromatic N) is 1. The molecule has 1 aliphatic heterocycles. The molecule has 1 heterocycles. The van der Waals surface area contributed by atoms with Crippen LogP contribution in [0.2, 0.25) is 0 Å². The molecule has 2 aliphatic carbocycles. The number of allylic oxidation sites excluding steroid dienone is 4. The Morgan fingerprint density at radius 3 is 1.97 bits per heavy atom. The van der Waals surface area contributed by atoms with Crippen LogP contribution >= 0.6 is 0 Å². The van der Waals surface area contributed by atoms with Crippen LogP contribution in [-0.2, 0) is 14.3 Å². The number of hydrogen-bond acceptors (Lipinski definition) is 6. The lowest BCUT2D eigenvalue weighted by molar-refractivity contribution is -0.119. The molecule has 1 aromatic rings. The topological polar surface area (TPSA) is 65.1 Å². The Kier molecular flexibility index (Phi) is 7.89. The summed E-state index contributed by atoms with van der Waals surface area (Å²) >= 11 is 0. The lowest BCUT2D eigenvalue weighted by Gasteiger charge is -2.49. The zero-order valence-corrected chi connectivity index (χ0v) is 23.7. The zero-order valence-electron chi connectivity index (χ0n) is 23.7. The van der Waals surface area contributed by atoms with Gasteiger partial charge in [0, 0.05) is 61.6 Å². The Bertz CT molecular complexity index is 1070. The molecule has 1 aromatic carbocycles. The number of Topliss-reactive ketones (excluding diaryl/α,β-unsaturated/α-hetero) is 2. The molecule has 0 radical (unpaired) electrons. The van der Waals surface area contributed by atoms with Crippen LogP contribution in [0.25, 0.3) is 0 Å². The first-order valence-electron chi connectivity index (χ1n) is 13.6. The molecule has 0 saturated carbocycles. The van der Waals surface area contributed by atoms with Crippen LogP contribution in [0.15, 0.2) is 40.7 Å². The van der Waals surface area contributed by atoms with E-state index in [-0.39, 0.29) is 28.3 Å². The first-order valence-corrected chi connectivity index (χ1v) is 13.6. The molecule has 0 atom stereocenters. The van der Waals surface area contributed by atoms with Gasteiger partial charge in [0.1, 0.15) is 0 Å². The summed E-state index contributed by atoms with van der Waals surface area (Å²) < 4.78 is 17.0. The van der Waals surface area contributed by atoms with Gasteiger partial charge in [-0.1, -0.05) is 40.7 Å². The molecule has 3 aliphatic rings. The Hall–Kier alpha value is -2.60.